The van der Waals surface area contributed by atoms with Crippen molar-refractivity contribution in [1.82, 2.24) is 14.1 Å². The quantitative estimate of drug-likeness (QED) is 0.350. The van der Waals surface area contributed by atoms with Gasteiger partial charge >= 0.3 is 0 Å². The molecular weight excluding hydrogens is 529 g/mol. The molecule has 0 bridgehead atoms. The molecule has 0 radical (unpaired) electrons. The predicted octanol–water partition coefficient (Wildman–Crippen LogP) is 5.22. The Balaban J connectivity index is 1.46. The van der Waals surface area contributed by atoms with E-state index in [1.165, 1.54) is 54.3 Å². The van der Waals surface area contributed by atoms with Crippen LogP contribution in [0.25, 0.3) is 0 Å². The van der Waals surface area contributed by atoms with Gasteiger partial charge in [0.15, 0.2) is 0 Å². The minimum absolute atomic E-state index is 0.150. The van der Waals surface area contributed by atoms with Crippen LogP contribution in [0, 0.1) is 11.7 Å². The minimum Gasteiger partial charge on any atom is -0.343 e. The van der Waals surface area contributed by atoms with Gasteiger partial charge in [-0.25, -0.2) is 12.8 Å². The van der Waals surface area contributed by atoms with Gasteiger partial charge in [-0.05, 0) is 61.4 Å². The molecule has 1 saturated heterocycles. The highest BCUT2D eigenvalue weighted by Gasteiger charge is 2.33. The zero-order chi connectivity index (χ0) is 28.5. The Morgan fingerprint density at radius 3 is 2.33 bits per heavy atom. The molecule has 4 rings (SSSR count). The topological polar surface area (TPSA) is 78.0 Å². The summed E-state index contributed by atoms with van der Waals surface area (Å²) in [5.41, 5.74) is 0.649. The van der Waals surface area contributed by atoms with Gasteiger partial charge in [0.25, 0.3) is 0 Å². The number of halogens is 1. The lowest BCUT2D eigenvalue weighted by atomic mass is 9.99. The van der Waals surface area contributed by atoms with Gasteiger partial charge in [0.1, 0.15) is 5.82 Å². The first-order valence-electron chi connectivity index (χ1n) is 14.6. The Bertz CT molecular complexity index is 1230. The molecule has 1 heterocycles. The Labute approximate surface area is 238 Å². The van der Waals surface area contributed by atoms with Crippen LogP contribution < -0.4 is 0 Å². The number of likely N-dealkylation sites (tertiary alicyclic amines) is 1. The molecule has 218 valence electrons. The van der Waals surface area contributed by atoms with Crippen LogP contribution in [0.15, 0.2) is 59.5 Å². The highest BCUT2D eigenvalue weighted by atomic mass is 32.2. The lowest BCUT2D eigenvalue weighted by Crippen LogP contribution is -2.51. The smallest absolute Gasteiger partial charge is 0.243 e. The van der Waals surface area contributed by atoms with Crippen molar-refractivity contribution in [1.29, 1.82) is 0 Å². The van der Waals surface area contributed by atoms with E-state index >= 15 is 0 Å². The first-order valence-corrected chi connectivity index (χ1v) is 16.1. The Morgan fingerprint density at radius 1 is 0.975 bits per heavy atom. The van der Waals surface area contributed by atoms with Crippen LogP contribution in [0.1, 0.15) is 70.3 Å². The van der Waals surface area contributed by atoms with E-state index in [2.05, 4.69) is 0 Å². The maximum atomic E-state index is 14.0. The predicted molar refractivity (Wildman–Crippen MR) is 153 cm³/mol. The summed E-state index contributed by atoms with van der Waals surface area (Å²) >= 11 is 0. The van der Waals surface area contributed by atoms with Crippen molar-refractivity contribution in [3.05, 3.63) is 66.0 Å². The molecule has 0 spiro atoms. The Hall–Kier alpha value is -2.78. The number of amides is 2. The van der Waals surface area contributed by atoms with Crippen molar-refractivity contribution in [2.45, 2.75) is 82.2 Å². The fourth-order valence-electron chi connectivity index (χ4n) is 5.98. The zero-order valence-electron chi connectivity index (χ0n) is 23.5. The molecule has 7 nitrogen and oxygen atoms in total. The van der Waals surface area contributed by atoms with Crippen molar-refractivity contribution >= 4 is 21.8 Å². The van der Waals surface area contributed by atoms with E-state index in [-0.39, 0.29) is 48.2 Å². The second kappa shape index (κ2) is 14.2. The normalized spacial score (nSPS) is 16.9. The van der Waals surface area contributed by atoms with Gasteiger partial charge in [-0.3, -0.25) is 9.59 Å². The summed E-state index contributed by atoms with van der Waals surface area (Å²) in [5, 5.41) is 0. The van der Waals surface area contributed by atoms with Crippen molar-refractivity contribution in [2.75, 3.05) is 26.2 Å². The average molecular weight is 572 g/mol. The van der Waals surface area contributed by atoms with Crippen LogP contribution in [0.4, 0.5) is 4.39 Å². The largest absolute Gasteiger partial charge is 0.343 e. The van der Waals surface area contributed by atoms with Gasteiger partial charge in [0.05, 0.1) is 11.4 Å². The zero-order valence-corrected chi connectivity index (χ0v) is 24.3. The maximum Gasteiger partial charge on any atom is 0.243 e. The second-order valence-corrected chi connectivity index (χ2v) is 13.0. The van der Waals surface area contributed by atoms with E-state index in [1.807, 2.05) is 11.8 Å². The first kappa shape index (κ1) is 30.2. The molecule has 1 aliphatic carbocycles. The van der Waals surface area contributed by atoms with E-state index < -0.39 is 10.0 Å². The molecule has 9 heteroatoms. The Kier molecular flexibility index (Phi) is 10.7. The van der Waals surface area contributed by atoms with Crippen LogP contribution in [-0.4, -0.2) is 66.6 Å². The van der Waals surface area contributed by atoms with Gasteiger partial charge < -0.3 is 9.80 Å². The van der Waals surface area contributed by atoms with E-state index in [9.17, 15) is 22.4 Å². The number of benzene rings is 2. The maximum absolute atomic E-state index is 14.0. The number of hydrogen-bond acceptors (Lipinski definition) is 4. The number of rotatable bonds is 12. The molecule has 1 aliphatic heterocycles. The molecule has 2 aromatic rings. The third-order valence-electron chi connectivity index (χ3n) is 8.23. The summed E-state index contributed by atoms with van der Waals surface area (Å²) < 4.78 is 42.0. The fourth-order valence-corrected chi connectivity index (χ4v) is 7.48. The van der Waals surface area contributed by atoms with Crippen LogP contribution in [0.5, 0.6) is 0 Å². The van der Waals surface area contributed by atoms with Crippen LogP contribution in [0.2, 0.25) is 0 Å². The van der Waals surface area contributed by atoms with Gasteiger partial charge in [-0.2, -0.15) is 4.31 Å². The summed E-state index contributed by atoms with van der Waals surface area (Å²) in [6.07, 6.45) is 8.28. The van der Waals surface area contributed by atoms with Crippen molar-refractivity contribution in [3.63, 3.8) is 0 Å². The molecule has 0 unspecified atom stereocenters. The fraction of sp³-hybridized carbons (Fsp3) is 0.548. The molecule has 2 aromatic carbocycles. The third-order valence-corrected chi connectivity index (χ3v) is 10.1. The molecular formula is C31H42FN3O4S. The number of carbonyl (C=O) groups excluding carboxylic acids is 2. The molecule has 2 aliphatic rings. The molecule has 0 aromatic heterocycles. The number of carbonyl (C=O) groups is 2. The highest BCUT2D eigenvalue weighted by Crippen LogP contribution is 2.29. The van der Waals surface area contributed by atoms with Crippen molar-refractivity contribution < 1.29 is 22.4 Å². The van der Waals surface area contributed by atoms with Crippen molar-refractivity contribution in [3.8, 4) is 0 Å². The van der Waals surface area contributed by atoms with Gasteiger partial charge in [0, 0.05) is 38.6 Å². The van der Waals surface area contributed by atoms with E-state index in [4.69, 9.17) is 0 Å². The lowest BCUT2D eigenvalue weighted by Gasteiger charge is -2.39. The Morgan fingerprint density at radius 2 is 1.68 bits per heavy atom. The number of nitrogens with zero attached hydrogens (tertiary/aromatic N) is 3. The number of hydrogen-bond donors (Lipinski definition) is 0. The third kappa shape index (κ3) is 7.91. The molecule has 40 heavy (non-hydrogen) atoms. The summed E-state index contributed by atoms with van der Waals surface area (Å²) in [6, 6.07) is 14.1. The van der Waals surface area contributed by atoms with Gasteiger partial charge in [-0.15, -0.1) is 0 Å². The average Bonchev–Trinajstić information content (AvgIpc) is 3.49. The van der Waals surface area contributed by atoms with Crippen LogP contribution in [-0.2, 0) is 26.2 Å². The molecule has 2 fully saturated rings. The van der Waals surface area contributed by atoms with Crippen LogP contribution >= 0.6 is 0 Å². The second-order valence-electron chi connectivity index (χ2n) is 11.1. The monoisotopic (exact) mass is 571 g/mol. The lowest BCUT2D eigenvalue weighted by molar-refractivity contribution is -0.137. The number of piperidine rings is 1. The summed E-state index contributed by atoms with van der Waals surface area (Å²) in [7, 11) is -3.86. The summed E-state index contributed by atoms with van der Waals surface area (Å²) in [4.78, 5) is 30.4. The van der Waals surface area contributed by atoms with Gasteiger partial charge in [0.2, 0.25) is 21.8 Å². The van der Waals surface area contributed by atoms with E-state index in [1.54, 1.807) is 35.2 Å². The highest BCUT2D eigenvalue weighted by molar-refractivity contribution is 7.89. The molecule has 0 N–H and O–H groups in total. The molecule has 0 atom stereocenters. The standard InChI is InChI=1S/C31H42FN3O4S/c1-2-19-34(40(38,39)29-13-4-3-5-14-29)24-31(37)35(23-26-11-8-12-27(32)22-26)28-17-20-33(21-18-28)30(36)16-15-25-9-6-7-10-25/h3-5,8,11-14,22,25,28H,2,6-7,9-10,15-21,23-24H2,1H3. The van der Waals surface area contributed by atoms with E-state index in [0.717, 1.165) is 6.42 Å². The molecule has 2 amide bonds. The summed E-state index contributed by atoms with van der Waals surface area (Å²) in [6.45, 7) is 3.10. The SMILES string of the molecule is CCCN(CC(=O)N(Cc1cccc(F)c1)C1CCN(C(=O)CCC2CCCC2)CC1)S(=O)(=O)c1ccccc1. The van der Waals surface area contributed by atoms with E-state index in [0.29, 0.717) is 50.3 Å². The van der Waals surface area contributed by atoms with Crippen LogP contribution in [0.3, 0.4) is 0 Å². The first-order chi connectivity index (χ1) is 19.3. The molecule has 1 saturated carbocycles. The minimum atomic E-state index is -3.86. The van der Waals surface area contributed by atoms with Gasteiger partial charge in [-0.1, -0.05) is 62.9 Å². The number of sulfonamides is 1. The summed E-state index contributed by atoms with van der Waals surface area (Å²) in [5.74, 6) is 0.144. The van der Waals surface area contributed by atoms with Crippen molar-refractivity contribution in [2.24, 2.45) is 5.92 Å².